The third kappa shape index (κ3) is 3.59. The number of hydrogen-bond acceptors (Lipinski definition) is 4. The van der Waals surface area contributed by atoms with Gasteiger partial charge in [-0.3, -0.25) is 14.5 Å². The standard InChI is InChI=1S/C17H23N5O/c1-12(2)11-22-15-5-7-19-10-14(15)16(21-22)17(23)20-9-13-4-3-6-18-8-13/h3-4,6,8,12,19H,5,7,9-11H2,1-2H3,(H,20,23). The predicted octanol–water partition coefficient (Wildman–Crippen LogP) is 1.51. The Morgan fingerprint density at radius 1 is 1.48 bits per heavy atom. The summed E-state index contributed by atoms with van der Waals surface area (Å²) >= 11 is 0. The lowest BCUT2D eigenvalue weighted by atomic mass is 10.1. The van der Waals surface area contributed by atoms with Crippen LogP contribution < -0.4 is 10.6 Å². The van der Waals surface area contributed by atoms with Gasteiger partial charge in [0.05, 0.1) is 0 Å². The van der Waals surface area contributed by atoms with Crippen molar-refractivity contribution < 1.29 is 4.79 Å². The van der Waals surface area contributed by atoms with Gasteiger partial charge < -0.3 is 10.6 Å². The molecule has 3 heterocycles. The van der Waals surface area contributed by atoms with Crippen molar-refractivity contribution in [2.45, 2.75) is 39.9 Å². The molecule has 0 atom stereocenters. The van der Waals surface area contributed by atoms with Crippen LogP contribution >= 0.6 is 0 Å². The van der Waals surface area contributed by atoms with Crippen molar-refractivity contribution in [3.05, 3.63) is 47.0 Å². The Kier molecular flexibility index (Phi) is 4.71. The molecule has 3 rings (SSSR count). The molecule has 23 heavy (non-hydrogen) atoms. The minimum absolute atomic E-state index is 0.115. The Morgan fingerprint density at radius 3 is 3.09 bits per heavy atom. The number of amides is 1. The van der Waals surface area contributed by atoms with E-state index in [1.54, 1.807) is 12.4 Å². The SMILES string of the molecule is CC(C)Cn1nc(C(=O)NCc2cccnc2)c2c1CCNC2. The van der Waals surface area contributed by atoms with E-state index in [-0.39, 0.29) is 5.91 Å². The van der Waals surface area contributed by atoms with Crippen LogP contribution in [-0.2, 0) is 26.1 Å². The van der Waals surface area contributed by atoms with Gasteiger partial charge in [0, 0.05) is 56.3 Å². The van der Waals surface area contributed by atoms with Crippen LogP contribution in [0.2, 0.25) is 0 Å². The van der Waals surface area contributed by atoms with Crippen molar-refractivity contribution in [2.24, 2.45) is 5.92 Å². The van der Waals surface area contributed by atoms with Crippen LogP contribution in [0.25, 0.3) is 0 Å². The van der Waals surface area contributed by atoms with Gasteiger partial charge in [-0.25, -0.2) is 0 Å². The molecule has 0 fully saturated rings. The molecule has 6 heteroatoms. The van der Waals surface area contributed by atoms with Gasteiger partial charge in [-0.2, -0.15) is 5.10 Å². The van der Waals surface area contributed by atoms with Crippen LogP contribution in [0.5, 0.6) is 0 Å². The molecule has 1 aliphatic rings. The number of pyridine rings is 1. The molecule has 0 saturated carbocycles. The second-order valence-electron chi connectivity index (χ2n) is 6.32. The second-order valence-corrected chi connectivity index (χ2v) is 6.32. The fourth-order valence-corrected chi connectivity index (χ4v) is 2.87. The summed E-state index contributed by atoms with van der Waals surface area (Å²) in [6, 6.07) is 3.81. The van der Waals surface area contributed by atoms with Gasteiger partial charge >= 0.3 is 0 Å². The highest BCUT2D eigenvalue weighted by molar-refractivity contribution is 5.94. The normalized spacial score (nSPS) is 13.9. The summed E-state index contributed by atoms with van der Waals surface area (Å²) in [5.74, 6) is 0.386. The number of rotatable bonds is 5. The Morgan fingerprint density at radius 2 is 2.35 bits per heavy atom. The van der Waals surface area contributed by atoms with Gasteiger partial charge in [-0.1, -0.05) is 19.9 Å². The number of carbonyl (C=O) groups excluding carboxylic acids is 1. The van der Waals surface area contributed by atoms with Crippen LogP contribution in [-0.4, -0.2) is 27.2 Å². The molecule has 6 nitrogen and oxygen atoms in total. The molecule has 0 bridgehead atoms. The monoisotopic (exact) mass is 313 g/mol. The fourth-order valence-electron chi connectivity index (χ4n) is 2.87. The largest absolute Gasteiger partial charge is 0.346 e. The van der Waals surface area contributed by atoms with Gasteiger partial charge in [-0.15, -0.1) is 0 Å². The maximum Gasteiger partial charge on any atom is 0.272 e. The zero-order chi connectivity index (χ0) is 16.2. The average Bonchev–Trinajstić information content (AvgIpc) is 2.92. The average molecular weight is 313 g/mol. The molecule has 0 unspecified atom stereocenters. The maximum absolute atomic E-state index is 12.6. The minimum Gasteiger partial charge on any atom is -0.346 e. The first-order chi connectivity index (χ1) is 11.1. The first-order valence-electron chi connectivity index (χ1n) is 8.11. The molecule has 2 N–H and O–H groups in total. The number of carbonyl (C=O) groups is 1. The predicted molar refractivity (Wildman–Crippen MR) is 87.9 cm³/mol. The van der Waals surface area contributed by atoms with Crippen molar-refractivity contribution in [1.82, 2.24) is 25.4 Å². The topological polar surface area (TPSA) is 71.8 Å². The summed E-state index contributed by atoms with van der Waals surface area (Å²) < 4.78 is 2.01. The third-order valence-corrected chi connectivity index (χ3v) is 3.94. The second kappa shape index (κ2) is 6.91. The van der Waals surface area contributed by atoms with Crippen LogP contribution in [0, 0.1) is 5.92 Å². The van der Waals surface area contributed by atoms with E-state index in [9.17, 15) is 4.79 Å². The molecule has 1 amide bonds. The minimum atomic E-state index is -0.115. The Balaban J connectivity index is 1.78. The summed E-state index contributed by atoms with van der Waals surface area (Å²) in [6.45, 7) is 7.29. The highest BCUT2D eigenvalue weighted by atomic mass is 16.1. The molecule has 0 aliphatic carbocycles. The van der Waals surface area contributed by atoms with Gasteiger partial charge in [0.15, 0.2) is 5.69 Å². The van der Waals surface area contributed by atoms with E-state index in [1.165, 1.54) is 5.69 Å². The van der Waals surface area contributed by atoms with Crippen molar-refractivity contribution in [2.75, 3.05) is 6.54 Å². The zero-order valence-electron chi connectivity index (χ0n) is 13.7. The van der Waals surface area contributed by atoms with Crippen LogP contribution in [0.4, 0.5) is 0 Å². The zero-order valence-corrected chi connectivity index (χ0v) is 13.7. The highest BCUT2D eigenvalue weighted by Gasteiger charge is 2.24. The van der Waals surface area contributed by atoms with Crippen molar-refractivity contribution in [1.29, 1.82) is 0 Å². The van der Waals surface area contributed by atoms with Gasteiger partial charge in [-0.05, 0) is 17.5 Å². The Labute approximate surface area is 136 Å². The van der Waals surface area contributed by atoms with E-state index >= 15 is 0 Å². The van der Waals surface area contributed by atoms with E-state index in [0.717, 1.165) is 30.6 Å². The molecule has 0 spiro atoms. The van der Waals surface area contributed by atoms with E-state index in [2.05, 4.69) is 34.6 Å². The van der Waals surface area contributed by atoms with Crippen LogP contribution in [0.15, 0.2) is 24.5 Å². The van der Waals surface area contributed by atoms with E-state index in [0.29, 0.717) is 24.7 Å². The van der Waals surface area contributed by atoms with E-state index in [4.69, 9.17) is 0 Å². The summed E-state index contributed by atoms with van der Waals surface area (Å²) in [4.78, 5) is 16.6. The molecule has 0 saturated heterocycles. The summed E-state index contributed by atoms with van der Waals surface area (Å²) in [7, 11) is 0. The Hall–Kier alpha value is -2.21. The van der Waals surface area contributed by atoms with Gasteiger partial charge in [0.25, 0.3) is 5.91 Å². The number of nitrogens with zero attached hydrogens (tertiary/aromatic N) is 3. The molecule has 2 aromatic heterocycles. The fraction of sp³-hybridized carbons (Fsp3) is 0.471. The Bertz CT molecular complexity index is 678. The number of aromatic nitrogens is 3. The number of fused-ring (bicyclic) bond motifs is 1. The first kappa shape index (κ1) is 15.7. The lowest BCUT2D eigenvalue weighted by Gasteiger charge is -2.16. The quantitative estimate of drug-likeness (QED) is 0.878. The van der Waals surface area contributed by atoms with Crippen molar-refractivity contribution >= 4 is 5.91 Å². The summed E-state index contributed by atoms with van der Waals surface area (Å²) in [5.41, 5.74) is 3.77. The molecule has 0 radical (unpaired) electrons. The molecule has 2 aromatic rings. The third-order valence-electron chi connectivity index (χ3n) is 3.94. The maximum atomic E-state index is 12.6. The first-order valence-corrected chi connectivity index (χ1v) is 8.11. The number of nitrogens with one attached hydrogen (secondary N) is 2. The molecular formula is C17H23N5O. The van der Waals surface area contributed by atoms with Gasteiger partial charge in [0.1, 0.15) is 0 Å². The lowest BCUT2D eigenvalue weighted by molar-refractivity contribution is 0.0943. The van der Waals surface area contributed by atoms with Crippen molar-refractivity contribution in [3.8, 4) is 0 Å². The van der Waals surface area contributed by atoms with E-state index in [1.807, 2.05) is 16.8 Å². The summed E-state index contributed by atoms with van der Waals surface area (Å²) in [6.07, 6.45) is 4.40. The lowest BCUT2D eigenvalue weighted by Crippen LogP contribution is -2.28. The summed E-state index contributed by atoms with van der Waals surface area (Å²) in [5, 5.41) is 10.9. The molecule has 1 aliphatic heterocycles. The molecule has 122 valence electrons. The smallest absolute Gasteiger partial charge is 0.272 e. The van der Waals surface area contributed by atoms with Crippen LogP contribution in [0.1, 0.15) is 41.2 Å². The van der Waals surface area contributed by atoms with Gasteiger partial charge in [0.2, 0.25) is 0 Å². The number of hydrogen-bond donors (Lipinski definition) is 2. The van der Waals surface area contributed by atoms with E-state index < -0.39 is 0 Å². The van der Waals surface area contributed by atoms with Crippen LogP contribution in [0.3, 0.4) is 0 Å². The highest BCUT2D eigenvalue weighted by Crippen LogP contribution is 2.19. The molecule has 0 aromatic carbocycles. The van der Waals surface area contributed by atoms with Crippen molar-refractivity contribution in [3.63, 3.8) is 0 Å². The molecular weight excluding hydrogens is 290 g/mol.